The normalized spacial score (nSPS) is 25.4. The van der Waals surface area contributed by atoms with E-state index in [2.05, 4.69) is 11.7 Å². The molecule has 0 aromatic heterocycles. The molecule has 0 saturated heterocycles. The summed E-state index contributed by atoms with van der Waals surface area (Å²) in [5, 5.41) is 18.4. The predicted octanol–water partition coefficient (Wildman–Crippen LogP) is 5.30. The number of benzene rings is 2. The van der Waals surface area contributed by atoms with Crippen LogP contribution < -0.4 is 23.7 Å². The molecule has 4 heterocycles. The van der Waals surface area contributed by atoms with Crippen molar-refractivity contribution in [3.8, 4) is 28.7 Å². The van der Waals surface area contributed by atoms with Gasteiger partial charge in [0, 0.05) is 40.3 Å². The van der Waals surface area contributed by atoms with Gasteiger partial charge in [-0.15, -0.1) is 10.3 Å². The van der Waals surface area contributed by atoms with E-state index in [-0.39, 0.29) is 19.1 Å². The van der Waals surface area contributed by atoms with Gasteiger partial charge in [-0.25, -0.2) is 4.79 Å². The highest BCUT2D eigenvalue weighted by Gasteiger charge is 2.46. The van der Waals surface area contributed by atoms with Gasteiger partial charge in [0.15, 0.2) is 11.5 Å². The number of fused-ring (bicyclic) bond motifs is 6. The van der Waals surface area contributed by atoms with Crippen molar-refractivity contribution in [3.63, 3.8) is 0 Å². The maximum atomic E-state index is 13.5. The standard InChI is InChI=1S/C33H37N2O8/c1-17(2)23-12-21-22(41-23)10-9-19-29(34-43-31(36)18-14-32(3,4)35(37)33(5,6)15-18)28-20-11-25(38-7)26(39-8)13-24(20)40-16-27(28)42-30(19)21/h9-11,13-14,23,27-28H,1,12,15-16H2,2-8H3/b34-29-/t23-,27-,28+/m1/s1. The minimum Gasteiger partial charge on any atom is -0.493 e. The van der Waals surface area contributed by atoms with Crippen molar-refractivity contribution in [2.45, 2.75) is 76.7 Å². The van der Waals surface area contributed by atoms with Gasteiger partial charge in [-0.05, 0) is 64.8 Å². The van der Waals surface area contributed by atoms with E-state index in [1.807, 2.05) is 39.0 Å². The van der Waals surface area contributed by atoms with Crippen molar-refractivity contribution in [2.24, 2.45) is 5.16 Å². The molecule has 6 rings (SSSR count). The van der Waals surface area contributed by atoms with E-state index < -0.39 is 29.1 Å². The molecule has 0 N–H and O–H groups in total. The first-order valence-electron chi connectivity index (χ1n) is 14.4. The highest BCUT2D eigenvalue weighted by molar-refractivity contribution is 6.09. The van der Waals surface area contributed by atoms with Crippen LogP contribution in [0.15, 0.2) is 53.2 Å². The fraction of sp³-hybridized carbons (Fsp3) is 0.455. The van der Waals surface area contributed by atoms with Crippen LogP contribution in [0.2, 0.25) is 0 Å². The molecular weight excluding hydrogens is 552 g/mol. The number of oxime groups is 1. The van der Waals surface area contributed by atoms with Crippen molar-refractivity contribution in [3.05, 3.63) is 64.8 Å². The summed E-state index contributed by atoms with van der Waals surface area (Å²) >= 11 is 0. The Morgan fingerprint density at radius 1 is 1.07 bits per heavy atom. The Labute approximate surface area is 251 Å². The first-order chi connectivity index (χ1) is 20.3. The maximum Gasteiger partial charge on any atom is 0.361 e. The number of hydrogen-bond acceptors (Lipinski definition) is 9. The molecule has 2 aromatic rings. The minimum absolute atomic E-state index is 0.161. The topological polar surface area (TPSA) is 108 Å². The summed E-state index contributed by atoms with van der Waals surface area (Å²) in [4.78, 5) is 19.2. The van der Waals surface area contributed by atoms with Crippen LogP contribution in [0.3, 0.4) is 0 Å². The molecule has 4 aliphatic heterocycles. The Morgan fingerprint density at radius 2 is 1.79 bits per heavy atom. The molecule has 3 atom stereocenters. The molecular formula is C33H37N2O8. The van der Waals surface area contributed by atoms with Crippen LogP contribution >= 0.6 is 0 Å². The van der Waals surface area contributed by atoms with Gasteiger partial charge in [0.05, 0.1) is 25.7 Å². The van der Waals surface area contributed by atoms with Gasteiger partial charge in [-0.2, -0.15) is 0 Å². The molecule has 0 unspecified atom stereocenters. The number of methoxy groups -OCH3 is 2. The van der Waals surface area contributed by atoms with Crippen LogP contribution in [0.4, 0.5) is 0 Å². The van der Waals surface area contributed by atoms with Gasteiger partial charge in [0.25, 0.3) is 0 Å². The molecule has 0 fully saturated rings. The predicted molar refractivity (Wildman–Crippen MR) is 158 cm³/mol. The van der Waals surface area contributed by atoms with Gasteiger partial charge in [0.1, 0.15) is 41.8 Å². The summed E-state index contributed by atoms with van der Waals surface area (Å²) in [5.41, 5.74) is 2.56. The molecule has 1 radical (unpaired) electrons. The molecule has 0 aliphatic carbocycles. The number of carbonyl (C=O) groups is 1. The number of hydroxylamine groups is 2. The first kappa shape index (κ1) is 29.1. The summed E-state index contributed by atoms with van der Waals surface area (Å²) in [6.07, 6.45) is 1.87. The fourth-order valence-corrected chi connectivity index (χ4v) is 6.60. The van der Waals surface area contributed by atoms with Crippen LogP contribution in [-0.4, -0.2) is 60.9 Å². The van der Waals surface area contributed by atoms with Gasteiger partial charge in [-0.1, -0.05) is 17.8 Å². The average molecular weight is 590 g/mol. The lowest BCUT2D eigenvalue weighted by Gasteiger charge is -2.44. The van der Waals surface area contributed by atoms with Crippen LogP contribution in [0.1, 0.15) is 63.6 Å². The van der Waals surface area contributed by atoms with E-state index in [0.717, 1.165) is 27.5 Å². The van der Waals surface area contributed by atoms with Crippen molar-refractivity contribution < 1.29 is 38.5 Å². The van der Waals surface area contributed by atoms with Crippen molar-refractivity contribution in [1.82, 2.24) is 5.06 Å². The molecule has 0 bridgehead atoms. The van der Waals surface area contributed by atoms with E-state index >= 15 is 0 Å². The molecule has 0 amide bonds. The second kappa shape index (κ2) is 10.3. The third-order valence-corrected chi connectivity index (χ3v) is 8.60. The molecule has 10 heteroatoms. The van der Waals surface area contributed by atoms with Crippen LogP contribution in [0, 0.1) is 0 Å². The van der Waals surface area contributed by atoms with E-state index in [0.29, 0.717) is 46.3 Å². The molecule has 227 valence electrons. The van der Waals surface area contributed by atoms with E-state index in [1.165, 1.54) is 0 Å². The smallest absolute Gasteiger partial charge is 0.361 e. The lowest BCUT2D eigenvalue weighted by atomic mass is 9.80. The summed E-state index contributed by atoms with van der Waals surface area (Å²) in [6.45, 7) is 13.4. The molecule has 43 heavy (non-hydrogen) atoms. The number of hydrogen-bond donors (Lipinski definition) is 0. The van der Waals surface area contributed by atoms with Gasteiger partial charge >= 0.3 is 5.97 Å². The molecule has 0 saturated carbocycles. The first-order valence-corrected chi connectivity index (χ1v) is 14.4. The van der Waals surface area contributed by atoms with Crippen molar-refractivity contribution >= 4 is 11.7 Å². The molecule has 0 spiro atoms. The Bertz CT molecular complexity index is 1570. The third kappa shape index (κ3) is 4.82. The quantitative estimate of drug-likeness (QED) is 0.263. The van der Waals surface area contributed by atoms with E-state index in [1.54, 1.807) is 40.2 Å². The second-order valence-electron chi connectivity index (χ2n) is 12.7. The number of ether oxygens (including phenoxy) is 5. The van der Waals surface area contributed by atoms with E-state index in [4.69, 9.17) is 28.5 Å². The number of rotatable bonds is 5. The summed E-state index contributed by atoms with van der Waals surface area (Å²) in [5.74, 6) is 1.98. The zero-order valence-corrected chi connectivity index (χ0v) is 25.6. The maximum absolute atomic E-state index is 13.5. The third-order valence-electron chi connectivity index (χ3n) is 8.60. The zero-order chi connectivity index (χ0) is 30.8. The number of nitrogens with zero attached hydrogens (tertiary/aromatic N) is 2. The second-order valence-corrected chi connectivity index (χ2v) is 12.7. The summed E-state index contributed by atoms with van der Waals surface area (Å²) in [6, 6.07) is 7.41. The van der Waals surface area contributed by atoms with Crippen LogP contribution in [0.5, 0.6) is 28.7 Å². The SMILES string of the molecule is C=C(C)[C@H]1Cc2c(ccc3c2O[C@@H]2COc4cc(OC)c(OC)cc4[C@@H]2/C3=N\OC(=O)C2=CC(C)(C)N([O])C(C)(C)C2)O1. The fourth-order valence-electron chi connectivity index (χ4n) is 6.60. The largest absolute Gasteiger partial charge is 0.493 e. The average Bonchev–Trinajstić information content (AvgIpc) is 3.42. The minimum atomic E-state index is -0.880. The highest BCUT2D eigenvalue weighted by atomic mass is 16.7. The van der Waals surface area contributed by atoms with E-state index in [9.17, 15) is 10.0 Å². The molecule has 4 aliphatic rings. The Kier molecular flexibility index (Phi) is 6.97. The Balaban J connectivity index is 1.45. The highest BCUT2D eigenvalue weighted by Crippen LogP contribution is 2.50. The van der Waals surface area contributed by atoms with Crippen LogP contribution in [0.25, 0.3) is 0 Å². The summed E-state index contributed by atoms with van der Waals surface area (Å²) < 4.78 is 30.0. The lowest BCUT2D eigenvalue weighted by molar-refractivity contribution is -0.263. The van der Waals surface area contributed by atoms with Crippen molar-refractivity contribution in [2.75, 3.05) is 20.8 Å². The zero-order valence-electron chi connectivity index (χ0n) is 25.6. The molecule has 10 nitrogen and oxygen atoms in total. The number of carbonyl (C=O) groups excluding carboxylic acids is 1. The molecule has 2 aromatic carbocycles. The van der Waals surface area contributed by atoms with Gasteiger partial charge < -0.3 is 28.5 Å². The monoisotopic (exact) mass is 589 g/mol. The van der Waals surface area contributed by atoms with Gasteiger partial charge in [-0.3, -0.25) is 0 Å². The van der Waals surface area contributed by atoms with Crippen LogP contribution in [-0.2, 0) is 21.3 Å². The summed E-state index contributed by atoms with van der Waals surface area (Å²) in [7, 11) is 3.14. The lowest BCUT2D eigenvalue weighted by Crippen LogP contribution is -2.55. The Hall–Kier alpha value is -4.02. The van der Waals surface area contributed by atoms with Crippen molar-refractivity contribution in [1.29, 1.82) is 0 Å². The Morgan fingerprint density at radius 3 is 2.47 bits per heavy atom. The van der Waals surface area contributed by atoms with Gasteiger partial charge in [0.2, 0.25) is 0 Å².